The molecule has 0 radical (unpaired) electrons. The monoisotopic (exact) mass is 398 g/mol. The molecule has 0 amide bonds. The molecule has 4 heterocycles. The standard InChI is InChI=1S/C18H14N4OS3/c1-2-7-22-17(23)13-10-4-3-5-12(10)25-16(13)21-18(22)26-15-11-6-8-24-14(11)19-9-20-15/h2,6,8-9H,1,3-5,7H2. The first-order valence-electron chi connectivity index (χ1n) is 8.28. The van der Waals surface area contributed by atoms with E-state index in [1.54, 1.807) is 39.6 Å². The van der Waals surface area contributed by atoms with Gasteiger partial charge in [-0.1, -0.05) is 6.08 Å². The molecule has 0 unspecified atom stereocenters. The van der Waals surface area contributed by atoms with Crippen LogP contribution in [0.3, 0.4) is 0 Å². The van der Waals surface area contributed by atoms with Crippen LogP contribution in [-0.4, -0.2) is 19.5 Å². The Morgan fingerprint density at radius 2 is 2.23 bits per heavy atom. The molecular weight excluding hydrogens is 384 g/mol. The number of allylic oxidation sites excluding steroid dienone is 1. The molecule has 4 aromatic rings. The number of rotatable bonds is 4. The molecule has 0 atom stereocenters. The summed E-state index contributed by atoms with van der Waals surface area (Å²) < 4.78 is 1.71. The number of hydrogen-bond acceptors (Lipinski definition) is 7. The van der Waals surface area contributed by atoms with Gasteiger partial charge in [0.25, 0.3) is 5.56 Å². The average molecular weight is 399 g/mol. The maximum Gasteiger partial charge on any atom is 0.263 e. The van der Waals surface area contributed by atoms with Gasteiger partial charge >= 0.3 is 0 Å². The van der Waals surface area contributed by atoms with E-state index >= 15 is 0 Å². The summed E-state index contributed by atoms with van der Waals surface area (Å²) in [4.78, 5) is 29.9. The highest BCUT2D eigenvalue weighted by molar-refractivity contribution is 7.99. The van der Waals surface area contributed by atoms with Crippen molar-refractivity contribution in [3.63, 3.8) is 0 Å². The third-order valence-corrected chi connectivity index (χ3v) is 7.53. The smallest absolute Gasteiger partial charge is 0.263 e. The molecule has 5 rings (SSSR count). The van der Waals surface area contributed by atoms with Crippen LogP contribution in [-0.2, 0) is 19.4 Å². The first-order chi connectivity index (χ1) is 12.8. The van der Waals surface area contributed by atoms with Crippen molar-refractivity contribution >= 4 is 54.9 Å². The zero-order chi connectivity index (χ0) is 17.7. The molecule has 0 spiro atoms. The number of thiophene rings is 2. The van der Waals surface area contributed by atoms with Gasteiger partial charge in [0.05, 0.1) is 5.39 Å². The summed E-state index contributed by atoms with van der Waals surface area (Å²) in [6, 6.07) is 2.01. The number of hydrogen-bond donors (Lipinski definition) is 0. The molecular formula is C18H14N4OS3. The summed E-state index contributed by atoms with van der Waals surface area (Å²) in [7, 11) is 0. The highest BCUT2D eigenvalue weighted by atomic mass is 32.2. The van der Waals surface area contributed by atoms with Crippen LogP contribution >= 0.6 is 34.4 Å². The fraction of sp³-hybridized carbons (Fsp3) is 0.222. The largest absolute Gasteiger partial charge is 0.283 e. The zero-order valence-electron chi connectivity index (χ0n) is 13.8. The van der Waals surface area contributed by atoms with E-state index in [-0.39, 0.29) is 5.56 Å². The molecule has 0 aliphatic heterocycles. The Hall–Kier alpha value is -2.03. The third kappa shape index (κ3) is 2.44. The van der Waals surface area contributed by atoms with Crippen molar-refractivity contribution < 1.29 is 0 Å². The van der Waals surface area contributed by atoms with E-state index in [0.29, 0.717) is 11.7 Å². The highest BCUT2D eigenvalue weighted by Crippen LogP contribution is 2.37. The van der Waals surface area contributed by atoms with Gasteiger partial charge in [-0.2, -0.15) is 0 Å². The van der Waals surface area contributed by atoms with Gasteiger partial charge in [-0.05, 0) is 48.0 Å². The molecule has 5 nitrogen and oxygen atoms in total. The molecule has 0 saturated carbocycles. The minimum Gasteiger partial charge on any atom is -0.283 e. The van der Waals surface area contributed by atoms with Crippen LogP contribution in [0.4, 0.5) is 0 Å². The van der Waals surface area contributed by atoms with Crippen LogP contribution < -0.4 is 5.56 Å². The molecule has 4 aromatic heterocycles. The Kier molecular flexibility index (Phi) is 3.91. The van der Waals surface area contributed by atoms with Crippen LogP contribution in [0.25, 0.3) is 20.4 Å². The Bertz CT molecular complexity index is 1220. The van der Waals surface area contributed by atoms with Crippen LogP contribution in [0.5, 0.6) is 0 Å². The summed E-state index contributed by atoms with van der Waals surface area (Å²) in [5.41, 5.74) is 1.24. The first kappa shape index (κ1) is 16.2. The summed E-state index contributed by atoms with van der Waals surface area (Å²) in [6.07, 6.45) is 6.47. The van der Waals surface area contributed by atoms with E-state index in [4.69, 9.17) is 4.98 Å². The van der Waals surface area contributed by atoms with E-state index in [9.17, 15) is 4.79 Å². The second-order valence-corrected chi connectivity index (χ2v) is 8.99. The SMILES string of the molecule is C=CCn1c(Sc2ncnc3sccc23)nc2sc3c(c2c1=O)CCC3. The molecule has 26 heavy (non-hydrogen) atoms. The quantitative estimate of drug-likeness (QED) is 0.292. The van der Waals surface area contributed by atoms with Gasteiger partial charge in [-0.3, -0.25) is 9.36 Å². The van der Waals surface area contributed by atoms with Gasteiger partial charge in [0.2, 0.25) is 0 Å². The van der Waals surface area contributed by atoms with E-state index in [0.717, 1.165) is 44.7 Å². The van der Waals surface area contributed by atoms with Crippen molar-refractivity contribution in [2.24, 2.45) is 0 Å². The molecule has 8 heteroatoms. The van der Waals surface area contributed by atoms with Crippen molar-refractivity contribution in [1.29, 1.82) is 0 Å². The Labute approximate surface area is 161 Å². The van der Waals surface area contributed by atoms with Gasteiger partial charge in [0, 0.05) is 16.8 Å². The minimum absolute atomic E-state index is 0.0346. The van der Waals surface area contributed by atoms with E-state index in [1.807, 2.05) is 11.4 Å². The van der Waals surface area contributed by atoms with Gasteiger partial charge in [0.1, 0.15) is 21.0 Å². The predicted molar refractivity (Wildman–Crippen MR) is 108 cm³/mol. The summed E-state index contributed by atoms with van der Waals surface area (Å²) in [6.45, 7) is 4.25. The van der Waals surface area contributed by atoms with Gasteiger partial charge in [-0.25, -0.2) is 15.0 Å². The lowest BCUT2D eigenvalue weighted by atomic mass is 10.2. The average Bonchev–Trinajstić information content (AvgIpc) is 3.33. The molecule has 1 aliphatic carbocycles. The van der Waals surface area contributed by atoms with Crippen LogP contribution in [0, 0.1) is 0 Å². The first-order valence-corrected chi connectivity index (χ1v) is 10.8. The molecule has 0 saturated heterocycles. The molecule has 0 N–H and O–H groups in total. The molecule has 0 fully saturated rings. The molecule has 0 aromatic carbocycles. The van der Waals surface area contributed by atoms with Gasteiger partial charge in [0.15, 0.2) is 5.16 Å². The maximum atomic E-state index is 13.2. The number of nitrogens with zero attached hydrogens (tertiary/aromatic N) is 4. The van der Waals surface area contributed by atoms with Gasteiger partial charge < -0.3 is 0 Å². The van der Waals surface area contributed by atoms with Crippen molar-refractivity contribution in [2.75, 3.05) is 0 Å². The topological polar surface area (TPSA) is 60.7 Å². The number of fused-ring (bicyclic) bond motifs is 4. The molecule has 1 aliphatic rings. The Morgan fingerprint density at radius 3 is 3.12 bits per heavy atom. The van der Waals surface area contributed by atoms with Crippen molar-refractivity contribution in [3.05, 3.63) is 51.2 Å². The van der Waals surface area contributed by atoms with Crippen molar-refractivity contribution in [3.8, 4) is 0 Å². The normalized spacial score (nSPS) is 13.5. The number of aryl methyl sites for hydroxylation is 2. The third-order valence-electron chi connectivity index (χ3n) is 4.51. The second kappa shape index (κ2) is 6.29. The fourth-order valence-electron chi connectivity index (χ4n) is 3.36. The molecule has 0 bridgehead atoms. The van der Waals surface area contributed by atoms with Crippen molar-refractivity contribution in [1.82, 2.24) is 19.5 Å². The van der Waals surface area contributed by atoms with Crippen LogP contribution in [0.15, 0.2) is 45.4 Å². The summed E-state index contributed by atoms with van der Waals surface area (Å²) in [5, 5.41) is 5.28. The Balaban J connectivity index is 1.72. The fourth-order valence-corrected chi connectivity index (χ4v) is 6.42. The predicted octanol–water partition coefficient (Wildman–Crippen LogP) is 4.29. The lowest BCUT2D eigenvalue weighted by Crippen LogP contribution is -2.22. The van der Waals surface area contributed by atoms with E-state index in [1.165, 1.54) is 22.2 Å². The van der Waals surface area contributed by atoms with Crippen LogP contribution in [0.1, 0.15) is 16.9 Å². The summed E-state index contributed by atoms with van der Waals surface area (Å²) in [5.74, 6) is 0. The summed E-state index contributed by atoms with van der Waals surface area (Å²) >= 11 is 4.67. The lowest BCUT2D eigenvalue weighted by Gasteiger charge is -2.10. The van der Waals surface area contributed by atoms with Crippen molar-refractivity contribution in [2.45, 2.75) is 36.0 Å². The van der Waals surface area contributed by atoms with E-state index in [2.05, 4.69) is 16.5 Å². The lowest BCUT2D eigenvalue weighted by molar-refractivity contribution is 0.671. The van der Waals surface area contributed by atoms with E-state index < -0.39 is 0 Å². The minimum atomic E-state index is 0.0346. The van der Waals surface area contributed by atoms with Crippen LogP contribution in [0.2, 0.25) is 0 Å². The molecule has 130 valence electrons. The second-order valence-electron chi connectivity index (χ2n) is 6.06. The maximum absolute atomic E-state index is 13.2. The Morgan fingerprint density at radius 1 is 1.31 bits per heavy atom. The van der Waals surface area contributed by atoms with Gasteiger partial charge in [-0.15, -0.1) is 29.3 Å². The highest BCUT2D eigenvalue weighted by Gasteiger charge is 2.23. The number of aromatic nitrogens is 4. The zero-order valence-corrected chi connectivity index (χ0v) is 16.2.